The van der Waals surface area contributed by atoms with Crippen LogP contribution in [-0.2, 0) is 0 Å². The van der Waals surface area contributed by atoms with E-state index in [-0.39, 0.29) is 0 Å². The maximum Gasteiger partial charge on any atom is 0.0195 e. The normalized spacial score (nSPS) is 25.8. The Morgan fingerprint density at radius 2 is 2.38 bits per heavy atom. The number of piperidine rings is 1. The van der Waals surface area contributed by atoms with Crippen LogP contribution in [0.25, 0.3) is 0 Å². The minimum absolute atomic E-state index is 0.699. The molecule has 0 aromatic heterocycles. The summed E-state index contributed by atoms with van der Waals surface area (Å²) in [6, 6.07) is 1.42. The van der Waals surface area contributed by atoms with E-state index < -0.39 is 0 Å². The first-order valence-electron chi connectivity index (χ1n) is 5.79. The van der Waals surface area contributed by atoms with Gasteiger partial charge in [0.1, 0.15) is 0 Å². The van der Waals surface area contributed by atoms with Gasteiger partial charge in [-0.1, -0.05) is 19.8 Å². The van der Waals surface area contributed by atoms with Gasteiger partial charge >= 0.3 is 0 Å². The highest BCUT2D eigenvalue weighted by Gasteiger charge is 2.14. The molecule has 2 N–H and O–H groups in total. The van der Waals surface area contributed by atoms with Crippen LogP contribution in [0.2, 0.25) is 0 Å². The Morgan fingerprint density at radius 3 is 3.00 bits per heavy atom. The lowest BCUT2D eigenvalue weighted by atomic mass is 10.1. The Morgan fingerprint density at radius 1 is 1.54 bits per heavy atom. The van der Waals surface area contributed by atoms with Crippen LogP contribution in [-0.4, -0.2) is 25.2 Å². The van der Waals surface area contributed by atoms with E-state index in [1.54, 1.807) is 0 Å². The van der Waals surface area contributed by atoms with Crippen LogP contribution in [0.15, 0.2) is 0 Å². The standard InChI is InChI=1S/C11H24N2/c1-3-4-6-10(2)13-11-7-5-8-12-9-11/h10-13H,3-9H2,1-2H3. The van der Waals surface area contributed by atoms with E-state index in [9.17, 15) is 0 Å². The molecule has 1 heterocycles. The molecular formula is C11H24N2. The molecule has 1 aliphatic rings. The lowest BCUT2D eigenvalue weighted by Gasteiger charge is -2.27. The predicted molar refractivity (Wildman–Crippen MR) is 58.0 cm³/mol. The number of nitrogens with one attached hydrogen (secondary N) is 2. The lowest BCUT2D eigenvalue weighted by Crippen LogP contribution is -2.46. The molecule has 2 nitrogen and oxygen atoms in total. The Labute approximate surface area is 82.5 Å². The van der Waals surface area contributed by atoms with Crippen molar-refractivity contribution in [1.29, 1.82) is 0 Å². The second-order valence-corrected chi connectivity index (χ2v) is 4.25. The van der Waals surface area contributed by atoms with Crippen LogP contribution in [0.5, 0.6) is 0 Å². The van der Waals surface area contributed by atoms with E-state index in [2.05, 4.69) is 24.5 Å². The van der Waals surface area contributed by atoms with Gasteiger partial charge in [0, 0.05) is 18.6 Å². The van der Waals surface area contributed by atoms with Crippen molar-refractivity contribution in [2.45, 2.75) is 58.0 Å². The molecule has 0 saturated carbocycles. The Kier molecular flexibility index (Phi) is 5.40. The second kappa shape index (κ2) is 6.39. The van der Waals surface area contributed by atoms with Crippen molar-refractivity contribution in [2.75, 3.05) is 13.1 Å². The van der Waals surface area contributed by atoms with Crippen LogP contribution in [0.4, 0.5) is 0 Å². The maximum absolute atomic E-state index is 3.69. The molecule has 0 aromatic carbocycles. The number of rotatable bonds is 5. The molecule has 0 amide bonds. The second-order valence-electron chi connectivity index (χ2n) is 4.25. The fourth-order valence-corrected chi connectivity index (χ4v) is 1.99. The largest absolute Gasteiger partial charge is 0.315 e. The summed E-state index contributed by atoms with van der Waals surface area (Å²) in [5.74, 6) is 0. The van der Waals surface area contributed by atoms with Gasteiger partial charge in [-0.05, 0) is 32.7 Å². The molecule has 13 heavy (non-hydrogen) atoms. The zero-order valence-corrected chi connectivity index (χ0v) is 9.10. The maximum atomic E-state index is 3.69. The van der Waals surface area contributed by atoms with Crippen molar-refractivity contribution in [3.8, 4) is 0 Å². The van der Waals surface area contributed by atoms with Crippen molar-refractivity contribution in [3.63, 3.8) is 0 Å². The molecule has 2 atom stereocenters. The Hall–Kier alpha value is -0.0800. The fourth-order valence-electron chi connectivity index (χ4n) is 1.99. The number of hydrogen-bond acceptors (Lipinski definition) is 2. The lowest BCUT2D eigenvalue weighted by molar-refractivity contribution is 0.347. The van der Waals surface area contributed by atoms with Gasteiger partial charge in [0.15, 0.2) is 0 Å². The molecule has 78 valence electrons. The third-order valence-corrected chi connectivity index (χ3v) is 2.81. The predicted octanol–water partition coefficient (Wildman–Crippen LogP) is 1.91. The first-order chi connectivity index (χ1) is 6.33. The zero-order valence-electron chi connectivity index (χ0n) is 9.10. The van der Waals surface area contributed by atoms with Crippen LogP contribution >= 0.6 is 0 Å². The monoisotopic (exact) mass is 184 g/mol. The summed E-state index contributed by atoms with van der Waals surface area (Å²) in [4.78, 5) is 0. The van der Waals surface area contributed by atoms with Gasteiger partial charge in [0.25, 0.3) is 0 Å². The van der Waals surface area contributed by atoms with Crippen molar-refractivity contribution < 1.29 is 0 Å². The van der Waals surface area contributed by atoms with E-state index in [1.807, 2.05) is 0 Å². The van der Waals surface area contributed by atoms with Crippen LogP contribution in [0.3, 0.4) is 0 Å². The molecule has 0 bridgehead atoms. The summed E-state index contributed by atoms with van der Waals surface area (Å²) >= 11 is 0. The number of unbranched alkanes of at least 4 members (excludes halogenated alkanes) is 1. The van der Waals surface area contributed by atoms with Crippen molar-refractivity contribution in [2.24, 2.45) is 0 Å². The molecular weight excluding hydrogens is 160 g/mol. The molecule has 2 unspecified atom stereocenters. The van der Waals surface area contributed by atoms with Gasteiger partial charge in [0.2, 0.25) is 0 Å². The average molecular weight is 184 g/mol. The molecule has 1 fully saturated rings. The van der Waals surface area contributed by atoms with Gasteiger partial charge < -0.3 is 10.6 Å². The third-order valence-electron chi connectivity index (χ3n) is 2.81. The quantitative estimate of drug-likeness (QED) is 0.682. The highest BCUT2D eigenvalue weighted by atomic mass is 15.0. The SMILES string of the molecule is CCCCC(C)NC1CCCNC1. The van der Waals surface area contributed by atoms with Gasteiger partial charge in [-0.2, -0.15) is 0 Å². The fraction of sp³-hybridized carbons (Fsp3) is 1.00. The average Bonchev–Trinajstić information content (AvgIpc) is 2.16. The number of hydrogen-bond donors (Lipinski definition) is 2. The zero-order chi connectivity index (χ0) is 9.52. The topological polar surface area (TPSA) is 24.1 Å². The highest BCUT2D eigenvalue weighted by molar-refractivity contribution is 4.77. The van der Waals surface area contributed by atoms with Gasteiger partial charge in [0.05, 0.1) is 0 Å². The summed E-state index contributed by atoms with van der Waals surface area (Å²) in [6.45, 7) is 6.94. The highest BCUT2D eigenvalue weighted by Crippen LogP contribution is 2.05. The Balaban J connectivity index is 2.07. The molecule has 2 heteroatoms. The van der Waals surface area contributed by atoms with Gasteiger partial charge in [-0.3, -0.25) is 0 Å². The smallest absolute Gasteiger partial charge is 0.0195 e. The Bertz CT molecular complexity index is 119. The van der Waals surface area contributed by atoms with Crippen molar-refractivity contribution in [1.82, 2.24) is 10.6 Å². The van der Waals surface area contributed by atoms with Crippen molar-refractivity contribution in [3.05, 3.63) is 0 Å². The molecule has 0 radical (unpaired) electrons. The first kappa shape index (κ1) is 11.0. The van der Waals surface area contributed by atoms with E-state index in [0.29, 0.717) is 6.04 Å². The van der Waals surface area contributed by atoms with Gasteiger partial charge in [-0.15, -0.1) is 0 Å². The summed E-state index contributed by atoms with van der Waals surface area (Å²) in [5.41, 5.74) is 0. The molecule has 0 spiro atoms. The first-order valence-corrected chi connectivity index (χ1v) is 5.79. The summed E-state index contributed by atoms with van der Waals surface area (Å²) < 4.78 is 0. The molecule has 1 saturated heterocycles. The van der Waals surface area contributed by atoms with Crippen LogP contribution < -0.4 is 10.6 Å². The minimum Gasteiger partial charge on any atom is -0.315 e. The van der Waals surface area contributed by atoms with Crippen molar-refractivity contribution >= 4 is 0 Å². The molecule has 1 rings (SSSR count). The van der Waals surface area contributed by atoms with Gasteiger partial charge in [-0.25, -0.2) is 0 Å². The van der Waals surface area contributed by atoms with E-state index in [4.69, 9.17) is 0 Å². The van der Waals surface area contributed by atoms with E-state index >= 15 is 0 Å². The third kappa shape index (κ3) is 4.63. The molecule has 0 aromatic rings. The van der Waals surface area contributed by atoms with Crippen LogP contribution in [0, 0.1) is 0 Å². The summed E-state index contributed by atoms with van der Waals surface area (Å²) in [5, 5.41) is 7.12. The molecule has 1 aliphatic heterocycles. The van der Waals surface area contributed by atoms with E-state index in [1.165, 1.54) is 38.6 Å². The summed E-state index contributed by atoms with van der Waals surface area (Å²) in [6.07, 6.45) is 6.68. The van der Waals surface area contributed by atoms with E-state index in [0.717, 1.165) is 12.6 Å². The summed E-state index contributed by atoms with van der Waals surface area (Å²) in [7, 11) is 0. The molecule has 0 aliphatic carbocycles. The minimum atomic E-state index is 0.699. The van der Waals surface area contributed by atoms with Crippen LogP contribution in [0.1, 0.15) is 46.0 Å².